The second kappa shape index (κ2) is 7.49. The molecule has 0 bridgehead atoms. The SMILES string of the molecule is C#Cc1cccc(NC(=O)c2cccc3c(=O)c(C)c(-c4ccccc4)oc23)c1. The van der Waals surface area contributed by atoms with Gasteiger partial charge in [-0.2, -0.15) is 0 Å². The number of amides is 1. The molecule has 4 heteroatoms. The number of fused-ring (bicyclic) bond motifs is 1. The Kier molecular flexibility index (Phi) is 4.72. The summed E-state index contributed by atoms with van der Waals surface area (Å²) in [5.41, 5.74) is 2.89. The van der Waals surface area contributed by atoms with Crippen LogP contribution in [0.2, 0.25) is 0 Å². The number of para-hydroxylation sites is 1. The molecule has 0 aliphatic carbocycles. The highest BCUT2D eigenvalue weighted by atomic mass is 16.3. The number of rotatable bonds is 3. The molecular weight excluding hydrogens is 362 g/mol. The largest absolute Gasteiger partial charge is 0.455 e. The van der Waals surface area contributed by atoms with Gasteiger partial charge in [-0.3, -0.25) is 9.59 Å². The standard InChI is InChI=1S/C25H17NO3/c1-3-17-9-7-12-19(15-17)26-25(28)21-14-8-13-20-22(27)16(2)23(29-24(20)21)18-10-5-4-6-11-18/h1,4-15H,2H3,(H,26,28). The lowest BCUT2D eigenvalue weighted by molar-refractivity contribution is 0.102. The molecule has 0 saturated carbocycles. The molecule has 0 fully saturated rings. The number of anilines is 1. The zero-order valence-electron chi connectivity index (χ0n) is 15.7. The topological polar surface area (TPSA) is 59.3 Å². The van der Waals surface area contributed by atoms with E-state index in [0.717, 1.165) is 5.56 Å². The summed E-state index contributed by atoms with van der Waals surface area (Å²) in [5, 5.41) is 3.19. The summed E-state index contributed by atoms with van der Waals surface area (Å²) in [5.74, 6) is 2.62. The molecule has 0 spiro atoms. The second-order valence-corrected chi connectivity index (χ2v) is 6.61. The van der Waals surface area contributed by atoms with E-state index in [9.17, 15) is 9.59 Å². The molecule has 0 unspecified atom stereocenters. The van der Waals surface area contributed by atoms with Crippen molar-refractivity contribution in [2.45, 2.75) is 6.92 Å². The summed E-state index contributed by atoms with van der Waals surface area (Å²) in [6.07, 6.45) is 5.43. The molecule has 1 aromatic heterocycles. The number of hydrogen-bond donors (Lipinski definition) is 1. The third-order valence-electron chi connectivity index (χ3n) is 4.71. The Labute approximate surface area is 167 Å². The highest BCUT2D eigenvalue weighted by Gasteiger charge is 2.18. The normalized spacial score (nSPS) is 10.5. The van der Waals surface area contributed by atoms with Gasteiger partial charge < -0.3 is 9.73 Å². The summed E-state index contributed by atoms with van der Waals surface area (Å²) in [7, 11) is 0. The van der Waals surface area contributed by atoms with Crippen molar-refractivity contribution in [1.29, 1.82) is 0 Å². The number of hydrogen-bond acceptors (Lipinski definition) is 3. The number of carbonyl (C=O) groups is 1. The van der Waals surface area contributed by atoms with Crippen LogP contribution in [-0.2, 0) is 0 Å². The summed E-state index contributed by atoms with van der Waals surface area (Å²) in [6.45, 7) is 1.73. The summed E-state index contributed by atoms with van der Waals surface area (Å²) in [6, 6.07) is 21.3. The first-order valence-corrected chi connectivity index (χ1v) is 9.08. The molecule has 0 radical (unpaired) electrons. The highest BCUT2D eigenvalue weighted by molar-refractivity contribution is 6.11. The van der Waals surface area contributed by atoms with E-state index in [-0.39, 0.29) is 22.5 Å². The number of benzene rings is 3. The minimum Gasteiger partial charge on any atom is -0.455 e. The van der Waals surface area contributed by atoms with E-state index in [1.165, 1.54) is 0 Å². The van der Waals surface area contributed by atoms with Crippen molar-refractivity contribution >= 4 is 22.6 Å². The molecule has 29 heavy (non-hydrogen) atoms. The maximum absolute atomic E-state index is 12.9. The van der Waals surface area contributed by atoms with Gasteiger partial charge in [0.1, 0.15) is 5.76 Å². The first kappa shape index (κ1) is 18.3. The van der Waals surface area contributed by atoms with Crippen LogP contribution in [0.3, 0.4) is 0 Å². The Morgan fingerprint density at radius 3 is 2.52 bits per heavy atom. The van der Waals surface area contributed by atoms with Gasteiger partial charge in [-0.05, 0) is 37.3 Å². The van der Waals surface area contributed by atoms with Gasteiger partial charge in [0.2, 0.25) is 0 Å². The molecule has 1 amide bonds. The average molecular weight is 379 g/mol. The third kappa shape index (κ3) is 3.42. The van der Waals surface area contributed by atoms with Gasteiger partial charge in [-0.15, -0.1) is 6.42 Å². The molecule has 1 heterocycles. The van der Waals surface area contributed by atoms with Crippen molar-refractivity contribution in [3.05, 3.63) is 99.7 Å². The molecular formula is C25H17NO3. The molecule has 3 aromatic carbocycles. The molecule has 140 valence electrons. The molecule has 0 aliphatic heterocycles. The zero-order valence-corrected chi connectivity index (χ0v) is 15.7. The van der Waals surface area contributed by atoms with Crippen molar-refractivity contribution in [1.82, 2.24) is 0 Å². The molecule has 0 saturated heterocycles. The third-order valence-corrected chi connectivity index (χ3v) is 4.71. The van der Waals surface area contributed by atoms with Crippen LogP contribution in [-0.4, -0.2) is 5.91 Å². The van der Waals surface area contributed by atoms with Gasteiger partial charge in [0.15, 0.2) is 11.0 Å². The minimum atomic E-state index is -0.379. The predicted octanol–water partition coefficient (Wildman–Crippen LogP) is 5.00. The van der Waals surface area contributed by atoms with Crippen LogP contribution in [0, 0.1) is 19.3 Å². The van der Waals surface area contributed by atoms with Crippen LogP contribution in [0.5, 0.6) is 0 Å². The molecule has 1 N–H and O–H groups in total. The molecule has 4 aromatic rings. The monoisotopic (exact) mass is 379 g/mol. The van der Waals surface area contributed by atoms with Gasteiger partial charge in [0.25, 0.3) is 5.91 Å². The zero-order chi connectivity index (χ0) is 20.4. The Morgan fingerprint density at radius 1 is 1.00 bits per heavy atom. The van der Waals surface area contributed by atoms with Gasteiger partial charge in [0, 0.05) is 22.4 Å². The highest BCUT2D eigenvalue weighted by Crippen LogP contribution is 2.27. The minimum absolute atomic E-state index is 0.158. The van der Waals surface area contributed by atoms with E-state index in [1.807, 2.05) is 30.3 Å². The fraction of sp³-hybridized carbons (Fsp3) is 0.0400. The average Bonchev–Trinajstić information content (AvgIpc) is 2.76. The summed E-state index contributed by atoms with van der Waals surface area (Å²) >= 11 is 0. The quantitative estimate of drug-likeness (QED) is 0.510. The van der Waals surface area contributed by atoms with Crippen LogP contribution < -0.4 is 10.7 Å². The van der Waals surface area contributed by atoms with Crippen molar-refractivity contribution in [3.8, 4) is 23.7 Å². The lowest BCUT2D eigenvalue weighted by Gasteiger charge is -2.11. The predicted molar refractivity (Wildman–Crippen MR) is 115 cm³/mol. The smallest absolute Gasteiger partial charge is 0.259 e. The van der Waals surface area contributed by atoms with Crippen molar-refractivity contribution in [3.63, 3.8) is 0 Å². The molecule has 4 rings (SSSR count). The Bertz CT molecular complexity index is 1330. The van der Waals surface area contributed by atoms with Crippen molar-refractivity contribution in [2.24, 2.45) is 0 Å². The van der Waals surface area contributed by atoms with E-state index in [1.54, 1.807) is 49.4 Å². The number of nitrogens with one attached hydrogen (secondary N) is 1. The number of terminal acetylenes is 1. The van der Waals surface area contributed by atoms with Gasteiger partial charge in [0.05, 0.1) is 10.9 Å². The van der Waals surface area contributed by atoms with Gasteiger partial charge >= 0.3 is 0 Å². The van der Waals surface area contributed by atoms with Crippen LogP contribution in [0.25, 0.3) is 22.3 Å². The van der Waals surface area contributed by atoms with Crippen LogP contribution in [0.1, 0.15) is 21.5 Å². The fourth-order valence-corrected chi connectivity index (χ4v) is 3.24. The first-order chi connectivity index (χ1) is 14.1. The Morgan fingerprint density at radius 2 is 1.76 bits per heavy atom. The molecule has 0 atom stereocenters. The molecule has 4 nitrogen and oxygen atoms in total. The number of carbonyl (C=O) groups excluding carboxylic acids is 1. The van der Waals surface area contributed by atoms with E-state index < -0.39 is 0 Å². The van der Waals surface area contributed by atoms with Gasteiger partial charge in [-0.25, -0.2) is 0 Å². The maximum Gasteiger partial charge on any atom is 0.259 e. The summed E-state index contributed by atoms with van der Waals surface area (Å²) < 4.78 is 6.10. The first-order valence-electron chi connectivity index (χ1n) is 9.08. The van der Waals surface area contributed by atoms with E-state index in [4.69, 9.17) is 10.8 Å². The Balaban J connectivity index is 1.85. The van der Waals surface area contributed by atoms with E-state index >= 15 is 0 Å². The van der Waals surface area contributed by atoms with Crippen LogP contribution in [0.4, 0.5) is 5.69 Å². The van der Waals surface area contributed by atoms with E-state index in [0.29, 0.717) is 28.0 Å². The van der Waals surface area contributed by atoms with Crippen molar-refractivity contribution < 1.29 is 9.21 Å². The second-order valence-electron chi connectivity index (χ2n) is 6.61. The molecule has 0 aliphatic rings. The van der Waals surface area contributed by atoms with Crippen molar-refractivity contribution in [2.75, 3.05) is 5.32 Å². The Hall–Kier alpha value is -4.10. The van der Waals surface area contributed by atoms with E-state index in [2.05, 4.69) is 11.2 Å². The van der Waals surface area contributed by atoms with Gasteiger partial charge in [-0.1, -0.05) is 48.4 Å². The lowest BCUT2D eigenvalue weighted by Crippen LogP contribution is -2.15. The summed E-state index contributed by atoms with van der Waals surface area (Å²) in [4.78, 5) is 25.9. The van der Waals surface area contributed by atoms with Crippen LogP contribution in [0.15, 0.2) is 82.0 Å². The lowest BCUT2D eigenvalue weighted by atomic mass is 10.0. The van der Waals surface area contributed by atoms with Crippen LogP contribution >= 0.6 is 0 Å². The fourth-order valence-electron chi connectivity index (χ4n) is 3.24. The maximum atomic E-state index is 12.9.